The van der Waals surface area contributed by atoms with E-state index in [1.807, 2.05) is 6.92 Å². The number of aromatic nitrogens is 3. The number of hydrogen-bond acceptors (Lipinski definition) is 8. The minimum absolute atomic E-state index is 0.315. The highest BCUT2D eigenvalue weighted by Gasteiger charge is 2.27. The van der Waals surface area contributed by atoms with Crippen LogP contribution in [-0.2, 0) is 4.74 Å². The summed E-state index contributed by atoms with van der Waals surface area (Å²) in [6.07, 6.45) is 4.74. The number of aryl methyl sites for hydroxylation is 1. The fourth-order valence-corrected chi connectivity index (χ4v) is 4.56. The van der Waals surface area contributed by atoms with E-state index < -0.39 is 0 Å². The van der Waals surface area contributed by atoms with Gasteiger partial charge in [0.2, 0.25) is 5.95 Å². The van der Waals surface area contributed by atoms with Crippen molar-refractivity contribution in [2.45, 2.75) is 44.7 Å². The molecule has 0 unspecified atom stereocenters. The van der Waals surface area contributed by atoms with E-state index in [4.69, 9.17) is 10.5 Å². The molecule has 0 spiro atoms. The molecule has 0 bridgehead atoms. The van der Waals surface area contributed by atoms with Crippen molar-refractivity contribution in [2.24, 2.45) is 0 Å². The fraction of sp³-hybridized carbons (Fsp3) is 0.688. The highest BCUT2D eigenvalue weighted by molar-refractivity contribution is 7.18. The Hall–Kier alpha value is -1.51. The number of nitrogens with two attached hydrogens (primary N) is 1. The number of nitrogen functional groups attached to an aromatic ring is 1. The van der Waals surface area contributed by atoms with E-state index in [1.54, 1.807) is 11.3 Å². The first kappa shape index (κ1) is 16.0. The second-order valence-electron chi connectivity index (χ2n) is 6.62. The third-order valence-corrected chi connectivity index (χ3v) is 5.85. The molecule has 3 N–H and O–H groups in total. The van der Waals surface area contributed by atoms with Crippen molar-refractivity contribution in [1.82, 2.24) is 19.9 Å². The average molecular weight is 348 g/mol. The van der Waals surface area contributed by atoms with Gasteiger partial charge >= 0.3 is 0 Å². The maximum atomic E-state index is 5.86. The van der Waals surface area contributed by atoms with Crippen molar-refractivity contribution in [3.8, 4) is 0 Å². The van der Waals surface area contributed by atoms with E-state index in [0.29, 0.717) is 18.0 Å². The topological polar surface area (TPSA) is 89.2 Å². The van der Waals surface area contributed by atoms with Gasteiger partial charge in [-0.1, -0.05) is 11.3 Å². The maximum Gasteiger partial charge on any atom is 0.223 e. The summed E-state index contributed by atoms with van der Waals surface area (Å²) < 4.78 is 5.46. The van der Waals surface area contributed by atoms with Crippen LogP contribution in [0.3, 0.4) is 0 Å². The number of fused-ring (bicyclic) bond motifs is 1. The molecule has 0 amide bonds. The Morgan fingerprint density at radius 2 is 1.88 bits per heavy atom. The SMILES string of the molecule is Cc1nc2c(N[C@H]3CC[C@H](N4CCOCC4)CC3)nc(N)nc2s1. The minimum atomic E-state index is 0.315. The largest absolute Gasteiger partial charge is 0.379 e. The molecule has 0 radical (unpaired) electrons. The van der Waals surface area contributed by atoms with Gasteiger partial charge < -0.3 is 15.8 Å². The van der Waals surface area contributed by atoms with E-state index >= 15 is 0 Å². The Balaban J connectivity index is 1.42. The molecule has 4 rings (SSSR count). The Bertz CT molecular complexity index is 706. The summed E-state index contributed by atoms with van der Waals surface area (Å²) in [5.41, 5.74) is 6.71. The van der Waals surface area contributed by atoms with Crippen LogP contribution in [-0.4, -0.2) is 58.2 Å². The third kappa shape index (κ3) is 3.31. The van der Waals surface area contributed by atoms with E-state index in [1.165, 1.54) is 12.8 Å². The molecule has 24 heavy (non-hydrogen) atoms. The number of ether oxygens (including phenoxy) is 1. The smallest absolute Gasteiger partial charge is 0.223 e. The number of morpholine rings is 1. The summed E-state index contributed by atoms with van der Waals surface area (Å²) >= 11 is 1.56. The van der Waals surface area contributed by atoms with Crippen LogP contribution in [0.2, 0.25) is 0 Å². The fourth-order valence-electron chi connectivity index (χ4n) is 3.76. The summed E-state index contributed by atoms with van der Waals surface area (Å²) in [4.78, 5) is 16.7. The first-order valence-electron chi connectivity index (χ1n) is 8.68. The summed E-state index contributed by atoms with van der Waals surface area (Å²) in [5.74, 6) is 1.10. The minimum Gasteiger partial charge on any atom is -0.379 e. The van der Waals surface area contributed by atoms with E-state index in [-0.39, 0.29) is 0 Å². The molecule has 2 aromatic rings. The molecule has 1 saturated carbocycles. The second-order valence-corrected chi connectivity index (χ2v) is 7.80. The van der Waals surface area contributed by atoms with Gasteiger partial charge in [-0.25, -0.2) is 9.97 Å². The van der Waals surface area contributed by atoms with Crippen LogP contribution in [0.25, 0.3) is 10.3 Å². The number of nitrogens with zero attached hydrogens (tertiary/aromatic N) is 4. The third-order valence-electron chi connectivity index (χ3n) is 4.98. The lowest BCUT2D eigenvalue weighted by Gasteiger charge is -2.39. The average Bonchev–Trinajstić information content (AvgIpc) is 2.97. The van der Waals surface area contributed by atoms with Crippen LogP contribution < -0.4 is 11.1 Å². The lowest BCUT2D eigenvalue weighted by Crippen LogP contribution is -2.46. The molecule has 1 saturated heterocycles. The highest BCUT2D eigenvalue weighted by Crippen LogP contribution is 2.30. The Kier molecular flexibility index (Phi) is 4.51. The van der Waals surface area contributed by atoms with Crippen LogP contribution in [0.1, 0.15) is 30.7 Å². The van der Waals surface area contributed by atoms with Crippen molar-refractivity contribution in [1.29, 1.82) is 0 Å². The van der Waals surface area contributed by atoms with Crippen molar-refractivity contribution in [2.75, 3.05) is 37.4 Å². The van der Waals surface area contributed by atoms with Crippen molar-refractivity contribution in [3.05, 3.63) is 5.01 Å². The van der Waals surface area contributed by atoms with Crippen LogP contribution in [0.5, 0.6) is 0 Å². The predicted molar refractivity (Wildman–Crippen MR) is 96.4 cm³/mol. The van der Waals surface area contributed by atoms with Crippen molar-refractivity contribution in [3.63, 3.8) is 0 Å². The lowest BCUT2D eigenvalue weighted by molar-refractivity contribution is 0.00791. The van der Waals surface area contributed by atoms with Crippen molar-refractivity contribution < 1.29 is 4.74 Å². The Morgan fingerprint density at radius 1 is 1.12 bits per heavy atom. The molecule has 2 aromatic heterocycles. The lowest BCUT2D eigenvalue weighted by atomic mass is 9.90. The first-order valence-corrected chi connectivity index (χ1v) is 9.49. The first-order chi connectivity index (χ1) is 11.7. The number of anilines is 2. The second kappa shape index (κ2) is 6.78. The monoisotopic (exact) mass is 348 g/mol. The zero-order valence-electron chi connectivity index (χ0n) is 14.0. The van der Waals surface area contributed by atoms with Crippen LogP contribution in [0, 0.1) is 6.92 Å². The highest BCUT2D eigenvalue weighted by atomic mass is 32.1. The van der Waals surface area contributed by atoms with Crippen LogP contribution >= 0.6 is 11.3 Å². The molecule has 7 nitrogen and oxygen atoms in total. The molecule has 130 valence electrons. The Labute approximate surface area is 145 Å². The number of rotatable bonds is 3. The van der Waals surface area contributed by atoms with Gasteiger partial charge in [0.1, 0.15) is 5.52 Å². The van der Waals surface area contributed by atoms with Gasteiger partial charge in [0.05, 0.1) is 18.2 Å². The molecular formula is C16H24N6OS. The number of nitrogens with one attached hydrogen (secondary N) is 1. The van der Waals surface area contributed by atoms with Gasteiger partial charge in [0, 0.05) is 25.2 Å². The van der Waals surface area contributed by atoms with Gasteiger partial charge in [-0.05, 0) is 32.6 Å². The van der Waals surface area contributed by atoms with Gasteiger partial charge in [-0.15, -0.1) is 0 Å². The quantitative estimate of drug-likeness (QED) is 0.877. The number of hydrogen-bond donors (Lipinski definition) is 2. The van der Waals surface area contributed by atoms with E-state index in [0.717, 1.165) is 60.3 Å². The Morgan fingerprint density at radius 3 is 2.62 bits per heavy atom. The van der Waals surface area contributed by atoms with Gasteiger partial charge in [-0.3, -0.25) is 4.90 Å². The molecule has 1 aliphatic heterocycles. The maximum absolute atomic E-state index is 5.86. The number of thiazole rings is 1. The zero-order chi connectivity index (χ0) is 16.5. The molecule has 2 aliphatic rings. The molecular weight excluding hydrogens is 324 g/mol. The van der Waals surface area contributed by atoms with E-state index in [9.17, 15) is 0 Å². The standard InChI is InChI=1S/C16H24N6OS/c1-10-18-13-14(20-16(17)21-15(13)24-10)19-11-2-4-12(5-3-11)22-6-8-23-9-7-22/h11-12H,2-9H2,1H3,(H3,17,19,20,21)/t11-,12-. The molecule has 2 fully saturated rings. The molecule has 0 atom stereocenters. The summed E-state index contributed by atoms with van der Waals surface area (Å²) in [5, 5.41) is 4.56. The van der Waals surface area contributed by atoms with Crippen molar-refractivity contribution >= 4 is 33.5 Å². The van der Waals surface area contributed by atoms with E-state index in [2.05, 4.69) is 25.2 Å². The molecule has 8 heteroatoms. The molecule has 3 heterocycles. The normalized spacial score (nSPS) is 25.9. The van der Waals surface area contributed by atoms with Gasteiger partial charge in [0.25, 0.3) is 0 Å². The van der Waals surface area contributed by atoms with Crippen LogP contribution in [0.15, 0.2) is 0 Å². The summed E-state index contributed by atoms with van der Waals surface area (Å²) in [7, 11) is 0. The molecule has 1 aliphatic carbocycles. The summed E-state index contributed by atoms with van der Waals surface area (Å²) in [6.45, 7) is 5.88. The zero-order valence-corrected chi connectivity index (χ0v) is 14.8. The van der Waals surface area contributed by atoms with Crippen LogP contribution in [0.4, 0.5) is 11.8 Å². The molecule has 0 aromatic carbocycles. The van der Waals surface area contributed by atoms with Gasteiger partial charge in [0.15, 0.2) is 10.6 Å². The summed E-state index contributed by atoms with van der Waals surface area (Å²) in [6, 6.07) is 1.13. The van der Waals surface area contributed by atoms with Gasteiger partial charge in [-0.2, -0.15) is 4.98 Å². The predicted octanol–water partition coefficient (Wildman–Crippen LogP) is 2.03.